The third-order valence-corrected chi connectivity index (χ3v) is 3.45. The smallest absolute Gasteiger partial charge is 0.0642 e. The number of allylic oxidation sites excluding steroid dienone is 1. The molecule has 13 heavy (non-hydrogen) atoms. The minimum Gasteiger partial charge on any atom is -0.378 e. The van der Waals surface area contributed by atoms with E-state index in [9.17, 15) is 0 Å². The van der Waals surface area contributed by atoms with E-state index in [1.807, 2.05) is 0 Å². The van der Waals surface area contributed by atoms with Gasteiger partial charge in [-0.15, -0.1) is 0 Å². The Morgan fingerprint density at radius 2 is 1.85 bits per heavy atom. The Bertz CT molecular complexity index is 190. The Labute approximate surface area is 89.1 Å². The summed E-state index contributed by atoms with van der Waals surface area (Å²) in [4.78, 5) is 2.30. The van der Waals surface area contributed by atoms with E-state index in [1.54, 1.807) is 0 Å². The second-order valence-corrected chi connectivity index (χ2v) is 5.23. The molecule has 1 saturated heterocycles. The van der Waals surface area contributed by atoms with Crippen LogP contribution < -0.4 is 0 Å². The van der Waals surface area contributed by atoms with Crippen LogP contribution in [0.5, 0.6) is 0 Å². The maximum absolute atomic E-state index is 5.28. The van der Waals surface area contributed by atoms with E-state index in [-0.39, 0.29) is 5.41 Å². The normalized spacial score (nSPS) is 20.6. The number of halogens is 1. The van der Waals surface area contributed by atoms with Gasteiger partial charge < -0.3 is 9.64 Å². The van der Waals surface area contributed by atoms with Gasteiger partial charge >= 0.3 is 0 Å². The molecule has 0 bridgehead atoms. The Kier molecular flexibility index (Phi) is 3.80. The number of hydrogen-bond acceptors (Lipinski definition) is 2. The van der Waals surface area contributed by atoms with Gasteiger partial charge in [0.1, 0.15) is 0 Å². The van der Waals surface area contributed by atoms with E-state index >= 15 is 0 Å². The first-order valence-corrected chi connectivity index (χ1v) is 5.49. The van der Waals surface area contributed by atoms with Gasteiger partial charge in [-0.25, -0.2) is 0 Å². The molecule has 76 valence electrons. The van der Waals surface area contributed by atoms with Gasteiger partial charge in [0.15, 0.2) is 0 Å². The molecule has 1 aliphatic rings. The van der Waals surface area contributed by atoms with Crippen LogP contribution in [0.25, 0.3) is 0 Å². The summed E-state index contributed by atoms with van der Waals surface area (Å²) in [5, 5.41) is 0. The molecule has 0 atom stereocenters. The van der Waals surface area contributed by atoms with Gasteiger partial charge in [-0.1, -0.05) is 36.7 Å². The molecule has 0 aromatic heterocycles. The number of nitrogens with zero attached hydrogens (tertiary/aromatic N) is 1. The van der Waals surface area contributed by atoms with Crippen LogP contribution in [0.2, 0.25) is 0 Å². The van der Waals surface area contributed by atoms with Gasteiger partial charge in [0.25, 0.3) is 0 Å². The van der Waals surface area contributed by atoms with Crippen molar-refractivity contribution < 1.29 is 4.74 Å². The van der Waals surface area contributed by atoms with Crippen molar-refractivity contribution in [2.24, 2.45) is 5.41 Å². The molecule has 0 radical (unpaired) electrons. The van der Waals surface area contributed by atoms with Crippen LogP contribution in [0.1, 0.15) is 20.8 Å². The molecule has 0 aliphatic carbocycles. The van der Waals surface area contributed by atoms with Crippen molar-refractivity contribution in [2.45, 2.75) is 20.8 Å². The Morgan fingerprint density at radius 1 is 1.31 bits per heavy atom. The molecule has 1 fully saturated rings. The summed E-state index contributed by atoms with van der Waals surface area (Å²) in [6, 6.07) is 0. The van der Waals surface area contributed by atoms with Crippen LogP contribution in [0.3, 0.4) is 0 Å². The fourth-order valence-electron chi connectivity index (χ4n) is 1.06. The Morgan fingerprint density at radius 3 is 2.31 bits per heavy atom. The Hall–Kier alpha value is -0.0200. The highest BCUT2D eigenvalue weighted by molar-refractivity contribution is 9.11. The van der Waals surface area contributed by atoms with E-state index in [0.717, 1.165) is 26.3 Å². The van der Waals surface area contributed by atoms with Crippen molar-refractivity contribution >= 4 is 15.9 Å². The van der Waals surface area contributed by atoms with Crippen molar-refractivity contribution in [1.29, 1.82) is 0 Å². The predicted molar refractivity (Wildman–Crippen MR) is 58.9 cm³/mol. The molecule has 3 heteroatoms. The molecule has 0 aromatic carbocycles. The van der Waals surface area contributed by atoms with Gasteiger partial charge in [-0.05, 0) is 5.41 Å². The number of ether oxygens (including phenoxy) is 1. The average Bonchev–Trinajstić information content (AvgIpc) is 2.04. The van der Waals surface area contributed by atoms with Crippen LogP contribution in [0.15, 0.2) is 10.7 Å². The molecule has 0 spiro atoms. The first-order chi connectivity index (χ1) is 6.00. The largest absolute Gasteiger partial charge is 0.378 e. The van der Waals surface area contributed by atoms with E-state index in [4.69, 9.17) is 4.74 Å². The lowest BCUT2D eigenvalue weighted by molar-refractivity contribution is 0.0589. The monoisotopic (exact) mass is 247 g/mol. The van der Waals surface area contributed by atoms with Crippen LogP contribution >= 0.6 is 15.9 Å². The second-order valence-electron chi connectivity index (χ2n) is 4.38. The third kappa shape index (κ3) is 3.69. The van der Waals surface area contributed by atoms with Crippen LogP contribution in [0, 0.1) is 5.41 Å². The van der Waals surface area contributed by atoms with Gasteiger partial charge in [-0.2, -0.15) is 0 Å². The number of hydrogen-bond donors (Lipinski definition) is 0. The summed E-state index contributed by atoms with van der Waals surface area (Å²) >= 11 is 3.61. The van der Waals surface area contributed by atoms with Crippen molar-refractivity contribution in [1.82, 2.24) is 4.90 Å². The maximum atomic E-state index is 5.28. The molecule has 0 amide bonds. The van der Waals surface area contributed by atoms with E-state index in [2.05, 4.69) is 47.8 Å². The van der Waals surface area contributed by atoms with Crippen molar-refractivity contribution in [3.05, 3.63) is 10.7 Å². The lowest BCUT2D eigenvalue weighted by Crippen LogP contribution is -2.32. The minimum absolute atomic E-state index is 0.207. The molecular weight excluding hydrogens is 230 g/mol. The van der Waals surface area contributed by atoms with Gasteiger partial charge in [0, 0.05) is 23.8 Å². The fourth-order valence-corrected chi connectivity index (χ4v) is 1.35. The van der Waals surface area contributed by atoms with Crippen LogP contribution in [0.4, 0.5) is 0 Å². The van der Waals surface area contributed by atoms with E-state index in [0.29, 0.717) is 0 Å². The summed E-state index contributed by atoms with van der Waals surface area (Å²) < 4.78 is 6.53. The fraction of sp³-hybridized carbons (Fsp3) is 0.800. The highest BCUT2D eigenvalue weighted by Crippen LogP contribution is 2.30. The van der Waals surface area contributed by atoms with Crippen molar-refractivity contribution in [3.8, 4) is 0 Å². The quantitative estimate of drug-likeness (QED) is 0.707. The van der Waals surface area contributed by atoms with Crippen LogP contribution in [-0.2, 0) is 4.74 Å². The van der Waals surface area contributed by atoms with Gasteiger partial charge in [-0.3, -0.25) is 0 Å². The first-order valence-electron chi connectivity index (χ1n) is 4.70. The maximum Gasteiger partial charge on any atom is 0.0642 e. The zero-order chi connectivity index (χ0) is 9.90. The molecule has 0 N–H and O–H groups in total. The highest BCUT2D eigenvalue weighted by atomic mass is 79.9. The first kappa shape index (κ1) is 11.1. The summed E-state index contributed by atoms with van der Waals surface area (Å²) in [5.74, 6) is 0. The third-order valence-electron chi connectivity index (χ3n) is 2.06. The molecule has 1 heterocycles. The summed E-state index contributed by atoms with van der Waals surface area (Å²) in [7, 11) is 0. The molecule has 2 nitrogen and oxygen atoms in total. The lowest BCUT2D eigenvalue weighted by atomic mass is 9.97. The zero-order valence-corrected chi connectivity index (χ0v) is 10.2. The number of morpholine rings is 1. The topological polar surface area (TPSA) is 12.5 Å². The lowest BCUT2D eigenvalue weighted by Gasteiger charge is -2.28. The SMILES string of the molecule is CC(C)(C)/C(Br)=C/N1CCOCC1. The van der Waals surface area contributed by atoms with Crippen molar-refractivity contribution in [2.75, 3.05) is 26.3 Å². The van der Waals surface area contributed by atoms with Crippen LogP contribution in [-0.4, -0.2) is 31.2 Å². The molecule has 0 unspecified atom stereocenters. The molecule has 1 rings (SSSR count). The minimum atomic E-state index is 0.207. The Balaban J connectivity index is 2.53. The molecular formula is C10H18BrNO. The van der Waals surface area contributed by atoms with Gasteiger partial charge in [0.05, 0.1) is 13.2 Å². The molecule has 0 aromatic rings. The standard InChI is InChI=1S/C10H18BrNO/c1-10(2,3)9(11)8-12-4-6-13-7-5-12/h8H,4-7H2,1-3H3/b9-8-. The molecule has 1 aliphatic heterocycles. The highest BCUT2D eigenvalue weighted by Gasteiger charge is 2.16. The summed E-state index contributed by atoms with van der Waals surface area (Å²) in [6.07, 6.45) is 2.20. The van der Waals surface area contributed by atoms with Gasteiger partial charge in [0.2, 0.25) is 0 Å². The molecule has 0 saturated carbocycles. The van der Waals surface area contributed by atoms with E-state index in [1.165, 1.54) is 4.48 Å². The average molecular weight is 248 g/mol. The zero-order valence-electron chi connectivity index (χ0n) is 8.64. The second kappa shape index (κ2) is 4.47. The summed E-state index contributed by atoms with van der Waals surface area (Å²) in [6.45, 7) is 10.3. The number of rotatable bonds is 1. The van der Waals surface area contributed by atoms with E-state index < -0.39 is 0 Å². The van der Waals surface area contributed by atoms with Crippen molar-refractivity contribution in [3.63, 3.8) is 0 Å². The summed E-state index contributed by atoms with van der Waals surface area (Å²) in [5.41, 5.74) is 0.207. The predicted octanol–water partition coefficient (Wildman–Crippen LogP) is 2.60.